The maximum absolute atomic E-state index is 10.8. The van der Waals surface area contributed by atoms with Gasteiger partial charge in [0.2, 0.25) is 0 Å². The van der Waals surface area contributed by atoms with Crippen LogP contribution in [-0.2, 0) is 11.3 Å². The number of carboxylic acids is 1. The van der Waals surface area contributed by atoms with E-state index in [9.17, 15) is 14.9 Å². The minimum Gasteiger partial charge on any atom is -0.478 e. The van der Waals surface area contributed by atoms with Crippen LogP contribution in [0.15, 0.2) is 42.1 Å². The normalized spacial score (nSPS) is 11.7. The van der Waals surface area contributed by atoms with Gasteiger partial charge in [-0.05, 0) is 24.6 Å². The molecule has 0 bridgehead atoms. The molecule has 98 valence electrons. The molecule has 1 heterocycles. The molecule has 0 saturated carbocycles. The highest BCUT2D eigenvalue weighted by atomic mass is 16.6. The standard InChI is InChI=1S/C13H12N2O4/c1-9(6-13(16)17)8-14-5-4-10-2-3-11(15(18)19)7-12(10)14/h2-7H,8H2,1H3,(H,16,17)/b9-6+. The van der Waals surface area contributed by atoms with E-state index in [1.807, 2.05) is 6.07 Å². The number of carboxylic acid groups (broad SMARTS) is 1. The van der Waals surface area contributed by atoms with E-state index in [4.69, 9.17) is 5.11 Å². The fraction of sp³-hybridized carbons (Fsp3) is 0.154. The van der Waals surface area contributed by atoms with E-state index in [1.165, 1.54) is 12.1 Å². The molecule has 6 nitrogen and oxygen atoms in total. The van der Waals surface area contributed by atoms with Crippen LogP contribution in [0.5, 0.6) is 0 Å². The summed E-state index contributed by atoms with van der Waals surface area (Å²) in [6.07, 6.45) is 2.91. The number of carbonyl (C=O) groups is 1. The van der Waals surface area contributed by atoms with Gasteiger partial charge in [-0.1, -0.05) is 0 Å². The molecule has 0 spiro atoms. The number of rotatable bonds is 4. The average Bonchev–Trinajstić information content (AvgIpc) is 2.70. The summed E-state index contributed by atoms with van der Waals surface area (Å²) >= 11 is 0. The topological polar surface area (TPSA) is 85.4 Å². The zero-order chi connectivity index (χ0) is 14.0. The molecule has 0 saturated heterocycles. The third-order valence-electron chi connectivity index (χ3n) is 2.76. The summed E-state index contributed by atoms with van der Waals surface area (Å²) in [6, 6.07) is 6.46. The molecule has 0 atom stereocenters. The first-order chi connectivity index (χ1) is 8.97. The number of fused-ring (bicyclic) bond motifs is 1. The number of benzene rings is 1. The third kappa shape index (κ3) is 2.79. The van der Waals surface area contributed by atoms with Crippen LogP contribution in [0.2, 0.25) is 0 Å². The second-order valence-electron chi connectivity index (χ2n) is 4.27. The Morgan fingerprint density at radius 1 is 1.47 bits per heavy atom. The van der Waals surface area contributed by atoms with Gasteiger partial charge in [0, 0.05) is 36.3 Å². The van der Waals surface area contributed by atoms with Crippen LogP contribution < -0.4 is 0 Å². The van der Waals surface area contributed by atoms with Gasteiger partial charge >= 0.3 is 5.97 Å². The molecule has 0 radical (unpaired) electrons. The van der Waals surface area contributed by atoms with E-state index in [2.05, 4.69) is 0 Å². The van der Waals surface area contributed by atoms with Crippen LogP contribution in [-0.4, -0.2) is 20.6 Å². The number of aliphatic carboxylic acids is 1. The van der Waals surface area contributed by atoms with Crippen LogP contribution >= 0.6 is 0 Å². The van der Waals surface area contributed by atoms with E-state index in [0.717, 1.165) is 11.5 Å². The molecule has 6 heteroatoms. The van der Waals surface area contributed by atoms with Crippen molar-refractivity contribution in [1.29, 1.82) is 0 Å². The molecule has 0 aliphatic heterocycles. The lowest BCUT2D eigenvalue weighted by molar-refractivity contribution is -0.384. The second kappa shape index (κ2) is 4.93. The molecule has 0 aliphatic carbocycles. The third-order valence-corrected chi connectivity index (χ3v) is 2.76. The zero-order valence-electron chi connectivity index (χ0n) is 10.2. The Hall–Kier alpha value is -2.63. The van der Waals surface area contributed by atoms with Crippen LogP contribution in [0.1, 0.15) is 6.92 Å². The van der Waals surface area contributed by atoms with Gasteiger partial charge in [0.1, 0.15) is 0 Å². The van der Waals surface area contributed by atoms with Crippen molar-refractivity contribution in [3.63, 3.8) is 0 Å². The average molecular weight is 260 g/mol. The van der Waals surface area contributed by atoms with Gasteiger partial charge in [0.05, 0.1) is 10.4 Å². The summed E-state index contributed by atoms with van der Waals surface area (Å²) in [4.78, 5) is 20.9. The summed E-state index contributed by atoms with van der Waals surface area (Å²) in [5.41, 5.74) is 1.40. The lowest BCUT2D eigenvalue weighted by Crippen LogP contribution is -2.00. The lowest BCUT2D eigenvalue weighted by Gasteiger charge is -2.05. The maximum Gasteiger partial charge on any atom is 0.328 e. The van der Waals surface area contributed by atoms with Crippen molar-refractivity contribution < 1.29 is 14.8 Å². The smallest absolute Gasteiger partial charge is 0.328 e. The first-order valence-electron chi connectivity index (χ1n) is 5.61. The van der Waals surface area contributed by atoms with Gasteiger partial charge < -0.3 is 9.67 Å². The number of non-ortho nitro benzene ring substituents is 1. The van der Waals surface area contributed by atoms with Crippen LogP contribution in [0.25, 0.3) is 10.9 Å². The minimum absolute atomic E-state index is 0.0207. The Bertz CT molecular complexity index is 685. The van der Waals surface area contributed by atoms with Crippen molar-refractivity contribution in [2.45, 2.75) is 13.5 Å². The first-order valence-corrected chi connectivity index (χ1v) is 5.61. The highest BCUT2D eigenvalue weighted by molar-refractivity contribution is 5.83. The van der Waals surface area contributed by atoms with E-state index in [1.54, 1.807) is 23.8 Å². The van der Waals surface area contributed by atoms with Gasteiger partial charge in [-0.3, -0.25) is 10.1 Å². The molecule has 0 fully saturated rings. The SMILES string of the molecule is C/C(=C\C(=O)O)Cn1ccc2ccc([N+](=O)[O-])cc21. The molecule has 19 heavy (non-hydrogen) atoms. The fourth-order valence-corrected chi connectivity index (χ4v) is 1.95. The van der Waals surface area contributed by atoms with E-state index in [0.29, 0.717) is 17.6 Å². The summed E-state index contributed by atoms with van der Waals surface area (Å²) in [5.74, 6) is -1.00. The van der Waals surface area contributed by atoms with Gasteiger partial charge in [0.25, 0.3) is 5.69 Å². The number of aromatic nitrogens is 1. The molecule has 0 unspecified atom stereocenters. The maximum atomic E-state index is 10.8. The molecular formula is C13H12N2O4. The van der Waals surface area contributed by atoms with Gasteiger partial charge in [-0.15, -0.1) is 0 Å². The molecule has 1 N–H and O–H groups in total. The molecule has 0 aliphatic rings. The number of allylic oxidation sites excluding steroid dienone is 1. The van der Waals surface area contributed by atoms with E-state index >= 15 is 0 Å². The number of nitro groups is 1. The van der Waals surface area contributed by atoms with Gasteiger partial charge in [-0.2, -0.15) is 0 Å². The molecule has 1 aromatic carbocycles. The van der Waals surface area contributed by atoms with Crippen LogP contribution in [0.3, 0.4) is 0 Å². The first kappa shape index (κ1) is 12.8. The van der Waals surface area contributed by atoms with Gasteiger partial charge in [0.15, 0.2) is 0 Å². The Morgan fingerprint density at radius 3 is 2.84 bits per heavy atom. The lowest BCUT2D eigenvalue weighted by atomic mass is 10.2. The summed E-state index contributed by atoms with van der Waals surface area (Å²) in [7, 11) is 0. The van der Waals surface area contributed by atoms with Gasteiger partial charge in [-0.25, -0.2) is 4.79 Å². The largest absolute Gasteiger partial charge is 0.478 e. The number of nitro benzene ring substituents is 1. The predicted molar refractivity (Wildman–Crippen MR) is 70.0 cm³/mol. The highest BCUT2D eigenvalue weighted by Gasteiger charge is 2.09. The second-order valence-corrected chi connectivity index (χ2v) is 4.27. The van der Waals surface area contributed by atoms with Crippen molar-refractivity contribution in [2.75, 3.05) is 0 Å². The Kier molecular flexibility index (Phi) is 3.33. The number of nitrogens with zero attached hydrogens (tertiary/aromatic N) is 2. The number of hydrogen-bond acceptors (Lipinski definition) is 3. The van der Waals surface area contributed by atoms with Crippen molar-refractivity contribution in [3.8, 4) is 0 Å². The summed E-state index contributed by atoms with van der Waals surface area (Å²) in [6.45, 7) is 2.09. The van der Waals surface area contributed by atoms with Crippen molar-refractivity contribution in [1.82, 2.24) is 4.57 Å². The summed E-state index contributed by atoms with van der Waals surface area (Å²) < 4.78 is 1.79. The van der Waals surface area contributed by atoms with Crippen molar-refractivity contribution in [3.05, 3.63) is 52.2 Å². The van der Waals surface area contributed by atoms with E-state index in [-0.39, 0.29) is 5.69 Å². The molecular weight excluding hydrogens is 248 g/mol. The molecule has 1 aromatic heterocycles. The molecule has 0 amide bonds. The minimum atomic E-state index is -1.00. The molecule has 2 rings (SSSR count). The Balaban J connectivity index is 2.41. The number of hydrogen-bond donors (Lipinski definition) is 1. The predicted octanol–water partition coefficient (Wildman–Crippen LogP) is 2.58. The van der Waals surface area contributed by atoms with Crippen LogP contribution in [0, 0.1) is 10.1 Å². The van der Waals surface area contributed by atoms with E-state index < -0.39 is 10.9 Å². The Labute approximate surface area is 108 Å². The zero-order valence-corrected chi connectivity index (χ0v) is 10.2. The van der Waals surface area contributed by atoms with Crippen LogP contribution in [0.4, 0.5) is 5.69 Å². The monoisotopic (exact) mass is 260 g/mol. The summed E-state index contributed by atoms with van der Waals surface area (Å²) in [5, 5.41) is 20.3. The Morgan fingerprint density at radius 2 is 2.21 bits per heavy atom. The molecule has 2 aromatic rings. The fourth-order valence-electron chi connectivity index (χ4n) is 1.95. The van der Waals surface area contributed by atoms with Crippen molar-refractivity contribution >= 4 is 22.6 Å². The van der Waals surface area contributed by atoms with Crippen molar-refractivity contribution in [2.24, 2.45) is 0 Å². The highest BCUT2D eigenvalue weighted by Crippen LogP contribution is 2.22. The quantitative estimate of drug-likeness (QED) is 0.520.